The van der Waals surface area contributed by atoms with Gasteiger partial charge in [-0.25, -0.2) is 41.8 Å². The van der Waals surface area contributed by atoms with Crippen LogP contribution in [0.15, 0.2) is 86.7 Å². The lowest BCUT2D eigenvalue weighted by atomic mass is 10.2. The molecule has 0 aliphatic carbocycles. The van der Waals surface area contributed by atoms with Gasteiger partial charge in [0.25, 0.3) is 0 Å². The number of hydrogen-bond acceptors (Lipinski definition) is 15. The van der Waals surface area contributed by atoms with Crippen molar-refractivity contribution in [3.8, 4) is 17.2 Å². The van der Waals surface area contributed by atoms with Crippen molar-refractivity contribution in [1.29, 1.82) is 0 Å². The van der Waals surface area contributed by atoms with E-state index in [0.29, 0.717) is 69.4 Å². The molecule has 7 rings (SSSR count). The zero-order valence-corrected chi connectivity index (χ0v) is 43.2. The first-order chi connectivity index (χ1) is 32.9. The molecular formula is C45H48Br3ClF3N9O8. The van der Waals surface area contributed by atoms with Gasteiger partial charge in [0.2, 0.25) is 0 Å². The van der Waals surface area contributed by atoms with Crippen LogP contribution in [0.3, 0.4) is 0 Å². The molecule has 0 aliphatic heterocycles. The van der Waals surface area contributed by atoms with E-state index in [-0.39, 0.29) is 56.3 Å². The van der Waals surface area contributed by atoms with Gasteiger partial charge in [0.15, 0.2) is 17.6 Å². The van der Waals surface area contributed by atoms with Crippen LogP contribution in [0, 0.1) is 17.5 Å². The molecule has 4 heterocycles. The number of halogens is 7. The van der Waals surface area contributed by atoms with Gasteiger partial charge in [0.05, 0.1) is 44.6 Å². The first-order valence-electron chi connectivity index (χ1n) is 20.7. The van der Waals surface area contributed by atoms with Gasteiger partial charge in [0, 0.05) is 43.2 Å². The highest BCUT2D eigenvalue weighted by Gasteiger charge is 2.20. The third kappa shape index (κ3) is 15.8. The minimum atomic E-state index is -0.565. The first-order valence-corrected chi connectivity index (χ1v) is 23.5. The maximum absolute atomic E-state index is 13.8. The number of hydrogen-bond donors (Lipinski definition) is 5. The van der Waals surface area contributed by atoms with Crippen LogP contribution in [0.1, 0.15) is 76.8 Å². The zero-order valence-electron chi connectivity index (χ0n) is 37.7. The molecule has 0 fully saturated rings. The Hall–Kier alpha value is -5.85. The number of fused-ring (bicyclic) bond motifs is 2. The fourth-order valence-corrected chi connectivity index (χ4v) is 7.04. The van der Waals surface area contributed by atoms with Crippen LogP contribution < -0.4 is 16.0 Å². The molecule has 0 saturated carbocycles. The van der Waals surface area contributed by atoms with E-state index in [1.165, 1.54) is 45.7 Å². The number of anilines is 1. The van der Waals surface area contributed by atoms with Crippen LogP contribution in [-0.4, -0.2) is 95.6 Å². The molecule has 0 bridgehead atoms. The van der Waals surface area contributed by atoms with E-state index in [2.05, 4.69) is 73.3 Å². The van der Waals surface area contributed by atoms with Crippen LogP contribution >= 0.6 is 59.4 Å². The van der Waals surface area contributed by atoms with Crippen LogP contribution in [0.2, 0.25) is 5.15 Å². The van der Waals surface area contributed by atoms with Crippen molar-refractivity contribution < 1.29 is 52.3 Å². The van der Waals surface area contributed by atoms with Gasteiger partial charge in [-0.05, 0) is 130 Å². The molecule has 17 nitrogen and oxygen atoms in total. The predicted octanol–water partition coefficient (Wildman–Crippen LogP) is 9.57. The number of rotatable bonds is 12. The minimum absolute atomic E-state index is 0.00694. The normalized spacial score (nSPS) is 10.3. The molecule has 4 aromatic heterocycles. The highest BCUT2D eigenvalue weighted by atomic mass is 79.9. The molecule has 0 unspecified atom stereocenters. The summed E-state index contributed by atoms with van der Waals surface area (Å²) < 4.78 is 52.8. The molecule has 0 amide bonds. The van der Waals surface area contributed by atoms with E-state index in [1.54, 1.807) is 38.4 Å². The number of aromatic hydroxyl groups is 3. The number of carbonyl (C=O) groups is 3. The second-order valence-electron chi connectivity index (χ2n) is 13.5. The lowest BCUT2D eigenvalue weighted by molar-refractivity contribution is 0.0518. The number of aromatic nitrogens is 6. The molecule has 0 spiro atoms. The second-order valence-corrected chi connectivity index (χ2v) is 16.2. The Kier molecular flexibility index (Phi) is 23.8. The van der Waals surface area contributed by atoms with Crippen molar-refractivity contribution in [2.45, 2.75) is 47.7 Å². The van der Waals surface area contributed by atoms with E-state index in [4.69, 9.17) is 31.9 Å². The molecule has 6 N–H and O–H groups in total. The smallest absolute Gasteiger partial charge is 0.343 e. The zero-order chi connectivity index (χ0) is 51.4. The third-order valence-electron chi connectivity index (χ3n) is 8.86. The van der Waals surface area contributed by atoms with Gasteiger partial charge in [-0.15, -0.1) is 0 Å². The van der Waals surface area contributed by atoms with Crippen molar-refractivity contribution in [1.82, 2.24) is 34.5 Å². The summed E-state index contributed by atoms with van der Waals surface area (Å²) in [5, 5.41) is 39.9. The minimum Gasteiger partial charge on any atom is -0.508 e. The monoisotopic (exact) mass is 1170 g/mol. The number of nitrogens with one attached hydrogen (secondary N) is 1. The van der Waals surface area contributed by atoms with Crippen molar-refractivity contribution in [2.75, 3.05) is 37.7 Å². The Labute approximate surface area is 424 Å². The van der Waals surface area contributed by atoms with Gasteiger partial charge >= 0.3 is 11.9 Å². The number of ether oxygens (including phenoxy) is 2. The summed E-state index contributed by atoms with van der Waals surface area (Å²) in [5.74, 6) is -1.89. The van der Waals surface area contributed by atoms with Crippen molar-refractivity contribution >= 4 is 94.7 Å². The Balaban J connectivity index is 0.000000255. The molecule has 3 aromatic carbocycles. The van der Waals surface area contributed by atoms with Crippen LogP contribution in [0.25, 0.3) is 11.3 Å². The first kappa shape index (κ1) is 57.5. The maximum atomic E-state index is 13.8. The molecule has 0 aliphatic rings. The standard InChI is InChI=1S/C18H18BrFN4O3.C9H11BrFNO.C9H8ClN3O2.C7H4BrFO2.C2H7N/c1-3-23(10-12-14(25)6-5-13(20)16(12)19)15-7-8-24-17(22-15)11(9-21-24)18(26)27-4-2;1-2-12-5-6-8(13)4-3-7(11)9(6)10;1-2-15-9(14)6-5-11-13-4-3-7(10)12-8(6)13;8-7-4(3-10)6(11)2-1-5(7)9;1-2-3/h5-9,25H,3-4,10H2,1-2H3;3-4,12-13H,2,5H2,1H3;3-5H,2H2,1H3;1-3,11H;2-3H2,1H3. The van der Waals surface area contributed by atoms with Gasteiger partial charge < -0.3 is 40.7 Å². The molecule has 24 heteroatoms. The summed E-state index contributed by atoms with van der Waals surface area (Å²) in [7, 11) is 0. The second kappa shape index (κ2) is 28.6. The lowest BCUT2D eigenvalue weighted by Crippen LogP contribution is -2.24. The maximum Gasteiger partial charge on any atom is 0.343 e. The SMILES string of the molecule is CCN.CCNCc1c(O)ccc(F)c1Br.CCOC(=O)c1cnn2ccc(Cl)nc12.CCOC(=O)c1cnn2ccc(N(CC)Cc3c(O)ccc(F)c3Br)nc12.O=Cc1c(O)ccc(F)c1Br. The van der Waals surface area contributed by atoms with E-state index < -0.39 is 23.6 Å². The topological polar surface area (TPSA) is 232 Å². The van der Waals surface area contributed by atoms with Gasteiger partial charge in [0.1, 0.15) is 56.8 Å². The highest BCUT2D eigenvalue weighted by Crippen LogP contribution is 2.32. The molecular weight excluding hydrogens is 1130 g/mol. The molecule has 370 valence electrons. The summed E-state index contributed by atoms with van der Waals surface area (Å²) >= 11 is 14.8. The average molecular weight is 1180 g/mol. The molecule has 0 saturated heterocycles. The summed E-state index contributed by atoms with van der Waals surface area (Å²) in [6.45, 7) is 12.6. The number of phenols is 3. The summed E-state index contributed by atoms with van der Waals surface area (Å²) in [4.78, 5) is 44.2. The van der Waals surface area contributed by atoms with Gasteiger partial charge in [-0.3, -0.25) is 4.79 Å². The Morgan fingerprint density at radius 1 is 0.739 bits per heavy atom. The highest BCUT2D eigenvalue weighted by molar-refractivity contribution is 9.11. The van der Waals surface area contributed by atoms with E-state index in [9.17, 15) is 37.8 Å². The number of carbonyl (C=O) groups excluding carboxylic acids is 3. The fourth-order valence-electron chi connectivity index (χ4n) is 5.54. The number of benzene rings is 3. The molecule has 69 heavy (non-hydrogen) atoms. The molecule has 0 atom stereocenters. The number of nitrogens with two attached hydrogens (primary N) is 1. The van der Waals surface area contributed by atoms with Gasteiger partial charge in [-0.2, -0.15) is 10.2 Å². The predicted molar refractivity (Wildman–Crippen MR) is 264 cm³/mol. The van der Waals surface area contributed by atoms with E-state index in [1.807, 2.05) is 25.7 Å². The fraction of sp³-hybridized carbons (Fsp3) is 0.267. The largest absolute Gasteiger partial charge is 0.508 e. The third-order valence-corrected chi connectivity index (χ3v) is 11.6. The quantitative estimate of drug-likeness (QED) is 0.0436. The van der Waals surface area contributed by atoms with E-state index >= 15 is 0 Å². The van der Waals surface area contributed by atoms with Crippen LogP contribution in [0.4, 0.5) is 19.0 Å². The number of aldehydes is 1. The van der Waals surface area contributed by atoms with Crippen molar-refractivity contribution in [3.63, 3.8) is 0 Å². The Morgan fingerprint density at radius 3 is 1.68 bits per heavy atom. The van der Waals surface area contributed by atoms with Crippen molar-refractivity contribution in [2.24, 2.45) is 5.73 Å². The lowest BCUT2D eigenvalue weighted by Gasteiger charge is -2.23. The average Bonchev–Trinajstić information content (AvgIpc) is 3.96. The van der Waals surface area contributed by atoms with Crippen LogP contribution in [0.5, 0.6) is 17.2 Å². The summed E-state index contributed by atoms with van der Waals surface area (Å²) in [6.07, 6.45) is 6.53. The van der Waals surface area contributed by atoms with Crippen LogP contribution in [-0.2, 0) is 22.6 Å². The Morgan fingerprint density at radius 2 is 1.20 bits per heavy atom. The summed E-state index contributed by atoms with van der Waals surface area (Å²) in [5.41, 5.74) is 7.11. The number of nitrogens with zero attached hydrogens (tertiary/aromatic N) is 7. The summed E-state index contributed by atoms with van der Waals surface area (Å²) in [6, 6.07) is 10.6. The number of esters is 2. The molecule has 7 aromatic rings. The Bertz CT molecular complexity index is 2840. The molecule has 0 radical (unpaired) electrons. The van der Waals surface area contributed by atoms with Gasteiger partial charge in [-0.1, -0.05) is 25.4 Å². The number of phenolic OH excluding ortho intramolecular Hbond substituents is 3. The van der Waals surface area contributed by atoms with E-state index in [0.717, 1.165) is 25.2 Å². The van der Waals surface area contributed by atoms with Crippen molar-refractivity contribution in [3.05, 3.63) is 137 Å².